The Hall–Kier alpha value is -3.42. The first-order valence-electron chi connectivity index (χ1n) is 13.4. The van der Waals surface area contributed by atoms with E-state index in [-0.39, 0.29) is 29.6 Å². The molecular weight excluding hydrogens is 570 g/mol. The van der Waals surface area contributed by atoms with Gasteiger partial charge in [-0.2, -0.15) is 9.40 Å². The fourth-order valence-electron chi connectivity index (χ4n) is 6.09. The summed E-state index contributed by atoms with van der Waals surface area (Å²) in [7, 11) is -4.08. The zero-order valence-electron chi connectivity index (χ0n) is 22.4. The summed E-state index contributed by atoms with van der Waals surface area (Å²) in [6.07, 6.45) is 5.44. The van der Waals surface area contributed by atoms with Gasteiger partial charge in [0.15, 0.2) is 16.2 Å². The molecule has 4 atom stereocenters. The smallest absolute Gasteiger partial charge is 0.261 e. The number of halogens is 2. The Morgan fingerprint density at radius 3 is 2.73 bits per heavy atom. The Balaban J connectivity index is 1.39. The highest BCUT2D eigenvalue weighted by atomic mass is 32.2. The SMILES string of the molecule is CCN([C@H]1CCC2=Cc3c(cnn3-c3ccc(F)cc3)C[C@]2(C(=O)c2nccs2)C1)S(=O)(=O)C1=NC(C(C)F)N=C1. The summed E-state index contributed by atoms with van der Waals surface area (Å²) in [5.41, 5.74) is 2.22. The van der Waals surface area contributed by atoms with Crippen LogP contribution in [0, 0.1) is 11.2 Å². The van der Waals surface area contributed by atoms with Crippen molar-refractivity contribution in [3.05, 3.63) is 69.7 Å². The lowest BCUT2D eigenvalue weighted by molar-refractivity contribution is 0.0745. The molecule has 0 N–H and O–H groups in total. The molecule has 0 saturated heterocycles. The number of alkyl halides is 1. The Labute approximate surface area is 240 Å². The van der Waals surface area contributed by atoms with Crippen LogP contribution in [-0.4, -0.2) is 69.5 Å². The molecule has 0 bridgehead atoms. The number of hydrogen-bond donors (Lipinski definition) is 0. The number of sulfonamides is 1. The van der Waals surface area contributed by atoms with Gasteiger partial charge in [0.2, 0.25) is 5.78 Å². The van der Waals surface area contributed by atoms with E-state index < -0.39 is 33.8 Å². The lowest BCUT2D eigenvalue weighted by atomic mass is 9.61. The number of allylic oxidation sites excluding steroid dienone is 1. The maximum absolute atomic E-state index is 14.2. The van der Waals surface area contributed by atoms with Crippen molar-refractivity contribution < 1.29 is 22.0 Å². The number of carbonyl (C=O) groups excluding carboxylic acids is 1. The number of hydrogen-bond acceptors (Lipinski definition) is 8. The van der Waals surface area contributed by atoms with Crippen molar-refractivity contribution in [2.45, 2.75) is 57.9 Å². The fourth-order valence-corrected chi connectivity index (χ4v) is 8.36. The largest absolute Gasteiger partial charge is 0.290 e. The third kappa shape index (κ3) is 4.69. The number of carbonyl (C=O) groups is 1. The molecule has 0 amide bonds. The normalized spacial score (nSPS) is 24.5. The lowest BCUT2D eigenvalue weighted by Gasteiger charge is -2.46. The highest BCUT2D eigenvalue weighted by Gasteiger charge is 2.52. The number of aromatic nitrogens is 3. The van der Waals surface area contributed by atoms with Crippen LogP contribution in [0.3, 0.4) is 0 Å². The van der Waals surface area contributed by atoms with Crippen molar-refractivity contribution in [3.63, 3.8) is 0 Å². The van der Waals surface area contributed by atoms with Gasteiger partial charge >= 0.3 is 0 Å². The number of aliphatic imine (C=N–C) groups is 2. The van der Waals surface area contributed by atoms with Crippen molar-refractivity contribution in [2.24, 2.45) is 15.4 Å². The predicted molar refractivity (Wildman–Crippen MR) is 153 cm³/mol. The summed E-state index contributed by atoms with van der Waals surface area (Å²) in [5.74, 6) is -0.498. The third-order valence-electron chi connectivity index (χ3n) is 8.07. The Morgan fingerprint density at radius 1 is 1.29 bits per heavy atom. The van der Waals surface area contributed by atoms with E-state index in [1.54, 1.807) is 41.5 Å². The van der Waals surface area contributed by atoms with E-state index in [9.17, 15) is 22.0 Å². The monoisotopic (exact) mass is 598 g/mol. The molecule has 1 saturated carbocycles. The molecule has 2 aromatic heterocycles. The molecule has 0 radical (unpaired) electrons. The Bertz CT molecular complexity index is 1680. The fraction of sp³-hybridized carbons (Fsp3) is 0.393. The van der Waals surface area contributed by atoms with E-state index in [1.165, 1.54) is 34.7 Å². The quantitative estimate of drug-likeness (QED) is 0.368. The van der Waals surface area contributed by atoms with E-state index in [4.69, 9.17) is 0 Å². The summed E-state index contributed by atoms with van der Waals surface area (Å²) < 4.78 is 57.9. The van der Waals surface area contributed by atoms with Gasteiger partial charge in [-0.25, -0.2) is 31.9 Å². The summed E-state index contributed by atoms with van der Waals surface area (Å²) in [5, 5.41) is 6.40. The summed E-state index contributed by atoms with van der Waals surface area (Å²) in [4.78, 5) is 26.5. The summed E-state index contributed by atoms with van der Waals surface area (Å²) >= 11 is 1.26. The van der Waals surface area contributed by atoms with Crippen LogP contribution < -0.4 is 0 Å². The Kier molecular flexibility index (Phi) is 7.07. The standard InChI is InChI=1S/C28H28F2N6O3S2/c1-3-35(41(38,39)24-16-32-26(34-24)17(2)29)22-7-4-19-12-23-18(15-33-36(23)21-8-5-20(30)6-9-21)13-28(19,14-22)25(37)27-31-10-11-40-27/h5-6,8-12,15-17,22,26H,3-4,7,13-14H2,1-2H3/t17?,22-,26?,28-/m0/s1. The number of fused-ring (bicyclic) bond motifs is 2. The maximum atomic E-state index is 14.2. The number of benzene rings is 1. The van der Waals surface area contributed by atoms with Crippen LogP contribution in [0.1, 0.15) is 54.2 Å². The molecule has 6 rings (SSSR count). The molecule has 214 valence electrons. The Morgan fingerprint density at radius 2 is 2.07 bits per heavy atom. The minimum atomic E-state index is -4.08. The van der Waals surface area contributed by atoms with E-state index in [0.29, 0.717) is 30.0 Å². The van der Waals surface area contributed by atoms with Crippen LogP contribution in [0.4, 0.5) is 8.78 Å². The van der Waals surface area contributed by atoms with E-state index in [1.807, 2.05) is 6.08 Å². The van der Waals surface area contributed by atoms with E-state index in [0.717, 1.165) is 23.0 Å². The third-order valence-corrected chi connectivity index (χ3v) is 10.8. The molecule has 1 fully saturated rings. The molecule has 3 aliphatic rings. The molecule has 41 heavy (non-hydrogen) atoms. The number of ketones is 1. The van der Waals surface area contributed by atoms with Gasteiger partial charge < -0.3 is 0 Å². The van der Waals surface area contributed by atoms with Gasteiger partial charge in [0, 0.05) is 24.2 Å². The van der Waals surface area contributed by atoms with Gasteiger partial charge in [0.05, 0.1) is 29.2 Å². The second kappa shape index (κ2) is 10.4. The van der Waals surface area contributed by atoms with Gasteiger partial charge in [-0.05, 0) is 68.5 Å². The minimum Gasteiger partial charge on any atom is -0.290 e. The predicted octanol–water partition coefficient (Wildman–Crippen LogP) is 4.65. The summed E-state index contributed by atoms with van der Waals surface area (Å²) in [6, 6.07) is 5.53. The van der Waals surface area contributed by atoms with Gasteiger partial charge in [-0.3, -0.25) is 9.79 Å². The van der Waals surface area contributed by atoms with Crippen molar-refractivity contribution in [1.29, 1.82) is 0 Å². The zero-order chi connectivity index (χ0) is 28.9. The number of Topliss-reactive ketones (excluding diaryl/α,β-unsaturated/α-hetero) is 1. The molecule has 3 heterocycles. The molecule has 1 aromatic carbocycles. The highest BCUT2D eigenvalue weighted by Crippen LogP contribution is 2.51. The van der Waals surface area contributed by atoms with E-state index in [2.05, 4.69) is 20.1 Å². The van der Waals surface area contributed by atoms with Crippen molar-refractivity contribution in [1.82, 2.24) is 19.1 Å². The number of rotatable bonds is 7. The lowest BCUT2D eigenvalue weighted by Crippen LogP contribution is -2.51. The molecule has 2 unspecified atom stereocenters. The highest BCUT2D eigenvalue weighted by molar-refractivity contribution is 8.06. The van der Waals surface area contributed by atoms with Gasteiger partial charge in [-0.1, -0.05) is 12.5 Å². The second-order valence-corrected chi connectivity index (χ2v) is 13.2. The van der Waals surface area contributed by atoms with Crippen LogP contribution in [0.2, 0.25) is 0 Å². The second-order valence-electron chi connectivity index (χ2n) is 10.5. The molecule has 9 nitrogen and oxygen atoms in total. The van der Waals surface area contributed by atoms with E-state index >= 15 is 0 Å². The van der Waals surface area contributed by atoms with Crippen LogP contribution in [0.5, 0.6) is 0 Å². The molecular formula is C28H28F2N6O3S2. The van der Waals surface area contributed by atoms with Gasteiger partial charge in [0.1, 0.15) is 12.0 Å². The molecule has 0 spiro atoms. The van der Waals surface area contributed by atoms with Crippen LogP contribution >= 0.6 is 11.3 Å². The first kappa shape index (κ1) is 27.7. The average Bonchev–Trinajstić information content (AvgIpc) is 3.73. The van der Waals surface area contributed by atoms with Gasteiger partial charge in [-0.15, -0.1) is 11.3 Å². The van der Waals surface area contributed by atoms with Crippen molar-refractivity contribution >= 4 is 44.5 Å². The zero-order valence-corrected chi connectivity index (χ0v) is 24.1. The maximum Gasteiger partial charge on any atom is 0.261 e. The summed E-state index contributed by atoms with van der Waals surface area (Å²) in [6.45, 7) is 3.19. The van der Waals surface area contributed by atoms with Crippen LogP contribution in [0.15, 0.2) is 57.6 Å². The van der Waals surface area contributed by atoms with Crippen molar-refractivity contribution in [2.75, 3.05) is 6.54 Å². The molecule has 2 aliphatic carbocycles. The average molecular weight is 599 g/mol. The van der Waals surface area contributed by atoms with Crippen LogP contribution in [0.25, 0.3) is 11.8 Å². The minimum absolute atomic E-state index is 0.150. The first-order valence-corrected chi connectivity index (χ1v) is 15.7. The molecule has 3 aromatic rings. The van der Waals surface area contributed by atoms with Crippen molar-refractivity contribution in [3.8, 4) is 5.69 Å². The van der Waals surface area contributed by atoms with Crippen LogP contribution in [-0.2, 0) is 16.4 Å². The number of thiazole rings is 1. The first-order chi connectivity index (χ1) is 19.6. The molecule has 13 heteroatoms. The van der Waals surface area contributed by atoms with Gasteiger partial charge in [0.25, 0.3) is 10.0 Å². The topological polar surface area (TPSA) is 110 Å². The molecule has 1 aliphatic heterocycles. The number of nitrogens with zero attached hydrogens (tertiary/aromatic N) is 6.